The van der Waals surface area contributed by atoms with Crippen LogP contribution in [0.25, 0.3) is 0 Å². The van der Waals surface area contributed by atoms with Crippen LogP contribution in [-0.2, 0) is 0 Å². The molecule has 0 aliphatic carbocycles. The lowest BCUT2D eigenvalue weighted by Gasteiger charge is -2.26. The van der Waals surface area contributed by atoms with Gasteiger partial charge in [-0.2, -0.15) is 0 Å². The van der Waals surface area contributed by atoms with Gasteiger partial charge < -0.3 is 25.0 Å². The van der Waals surface area contributed by atoms with Gasteiger partial charge in [-0.3, -0.25) is 0 Å². The first-order valence-electron chi connectivity index (χ1n) is 10.7. The summed E-state index contributed by atoms with van der Waals surface area (Å²) >= 11 is 0. The van der Waals surface area contributed by atoms with Crippen molar-refractivity contribution in [2.24, 2.45) is 0 Å². The Kier molecular flexibility index (Phi) is 5.88. The molecule has 3 N–H and O–H groups in total. The highest BCUT2D eigenvalue weighted by Gasteiger charge is 2.16. The number of anilines is 3. The second-order valence-corrected chi connectivity index (χ2v) is 8.41. The highest BCUT2D eigenvalue weighted by molar-refractivity contribution is 5.78. The summed E-state index contributed by atoms with van der Waals surface area (Å²) in [5.74, 6) is 1.44. The molecule has 0 spiro atoms. The molecule has 0 aromatic heterocycles. The Bertz CT molecular complexity index is 1200. The molecule has 0 atom stereocenters. The van der Waals surface area contributed by atoms with Crippen LogP contribution in [0.5, 0.6) is 28.7 Å². The van der Waals surface area contributed by atoms with Gasteiger partial charge in [0, 0.05) is 17.8 Å². The SMILES string of the molecule is Cc1cc(O)cc(N(c2ccc(Oc3c(C)cc(C)cc3O)cc2)c2cc(C)cc(O)c2)c1. The Morgan fingerprint density at radius 2 is 1.09 bits per heavy atom. The van der Waals surface area contributed by atoms with Gasteiger partial charge in [0.15, 0.2) is 11.5 Å². The molecule has 0 aliphatic heterocycles. The molecule has 0 saturated carbocycles. The molecule has 168 valence electrons. The molecule has 0 saturated heterocycles. The minimum absolute atomic E-state index is 0.101. The largest absolute Gasteiger partial charge is 0.508 e. The van der Waals surface area contributed by atoms with Crippen LogP contribution < -0.4 is 9.64 Å². The lowest BCUT2D eigenvalue weighted by molar-refractivity contribution is 0.408. The summed E-state index contributed by atoms with van der Waals surface area (Å²) < 4.78 is 5.97. The number of aryl methyl sites for hydroxylation is 4. The molecule has 0 amide bonds. The lowest BCUT2D eigenvalue weighted by atomic mass is 10.1. The Morgan fingerprint density at radius 3 is 1.58 bits per heavy atom. The van der Waals surface area contributed by atoms with Crippen molar-refractivity contribution in [1.29, 1.82) is 0 Å². The van der Waals surface area contributed by atoms with Gasteiger partial charge in [0.25, 0.3) is 0 Å². The maximum Gasteiger partial charge on any atom is 0.171 e. The Balaban J connectivity index is 1.75. The van der Waals surface area contributed by atoms with Crippen LogP contribution in [0.1, 0.15) is 22.3 Å². The number of benzene rings is 4. The predicted molar refractivity (Wildman–Crippen MR) is 132 cm³/mol. The third kappa shape index (κ3) is 4.88. The highest BCUT2D eigenvalue weighted by Crippen LogP contribution is 2.40. The van der Waals surface area contributed by atoms with E-state index in [-0.39, 0.29) is 17.2 Å². The molecule has 5 heteroatoms. The van der Waals surface area contributed by atoms with Crippen molar-refractivity contribution in [2.75, 3.05) is 4.90 Å². The number of rotatable bonds is 5. The molecule has 0 bridgehead atoms. The van der Waals surface area contributed by atoms with Crippen molar-refractivity contribution < 1.29 is 20.1 Å². The Labute approximate surface area is 193 Å². The van der Waals surface area contributed by atoms with Crippen molar-refractivity contribution in [2.45, 2.75) is 27.7 Å². The molecular weight excluding hydrogens is 414 g/mol. The third-order valence-electron chi connectivity index (χ3n) is 5.32. The van der Waals surface area contributed by atoms with Crippen molar-refractivity contribution in [3.63, 3.8) is 0 Å². The number of hydrogen-bond acceptors (Lipinski definition) is 5. The summed E-state index contributed by atoms with van der Waals surface area (Å²) in [7, 11) is 0. The van der Waals surface area contributed by atoms with Crippen LogP contribution in [0.2, 0.25) is 0 Å². The zero-order chi connectivity index (χ0) is 23.7. The smallest absolute Gasteiger partial charge is 0.171 e. The summed E-state index contributed by atoms with van der Waals surface area (Å²) in [6, 6.07) is 21.8. The summed E-state index contributed by atoms with van der Waals surface area (Å²) in [4.78, 5) is 1.96. The fraction of sp³-hybridized carbons (Fsp3) is 0.143. The Hall–Kier alpha value is -4.12. The average Bonchev–Trinajstić information content (AvgIpc) is 2.70. The fourth-order valence-electron chi connectivity index (χ4n) is 4.04. The van der Waals surface area contributed by atoms with Crippen LogP contribution >= 0.6 is 0 Å². The van der Waals surface area contributed by atoms with Gasteiger partial charge in [0.1, 0.15) is 17.2 Å². The highest BCUT2D eigenvalue weighted by atomic mass is 16.5. The number of hydrogen-bond donors (Lipinski definition) is 3. The van der Waals surface area contributed by atoms with E-state index >= 15 is 0 Å². The molecule has 0 heterocycles. The van der Waals surface area contributed by atoms with E-state index in [4.69, 9.17) is 4.74 Å². The molecule has 0 fully saturated rings. The topological polar surface area (TPSA) is 73.2 Å². The van der Waals surface area contributed by atoms with E-state index in [0.29, 0.717) is 11.5 Å². The monoisotopic (exact) mass is 441 g/mol. The van der Waals surface area contributed by atoms with E-state index in [0.717, 1.165) is 39.3 Å². The minimum Gasteiger partial charge on any atom is -0.508 e. The molecule has 0 aliphatic rings. The maximum atomic E-state index is 10.3. The standard InChI is InChI=1S/C28H27NO4/c1-17-9-20(4)28(27(32)14-17)33-26-7-5-21(6-8-26)29(22-10-18(2)12-24(30)15-22)23-11-19(3)13-25(31)16-23/h5-16,30-32H,1-4H3. The molecule has 4 rings (SSSR count). The number of ether oxygens (including phenoxy) is 1. The zero-order valence-corrected chi connectivity index (χ0v) is 19.1. The maximum absolute atomic E-state index is 10.3. The molecular formula is C28H27NO4. The van der Waals surface area contributed by atoms with Gasteiger partial charge in [-0.05, 0) is 105 Å². The van der Waals surface area contributed by atoms with E-state index in [2.05, 4.69) is 0 Å². The van der Waals surface area contributed by atoms with Gasteiger partial charge in [-0.1, -0.05) is 6.07 Å². The van der Waals surface area contributed by atoms with Gasteiger partial charge >= 0.3 is 0 Å². The first-order chi connectivity index (χ1) is 15.7. The molecule has 4 aromatic rings. The van der Waals surface area contributed by atoms with Gasteiger partial charge in [0.2, 0.25) is 0 Å². The molecule has 33 heavy (non-hydrogen) atoms. The third-order valence-corrected chi connectivity index (χ3v) is 5.32. The summed E-state index contributed by atoms with van der Waals surface area (Å²) in [5.41, 5.74) is 5.99. The lowest BCUT2D eigenvalue weighted by Crippen LogP contribution is -2.10. The quantitative estimate of drug-likeness (QED) is 0.303. The summed E-state index contributed by atoms with van der Waals surface area (Å²) in [6.45, 7) is 7.66. The minimum atomic E-state index is 0.101. The second-order valence-electron chi connectivity index (χ2n) is 8.41. The van der Waals surface area contributed by atoms with Crippen molar-refractivity contribution in [3.8, 4) is 28.7 Å². The first kappa shape index (κ1) is 22.1. The van der Waals surface area contributed by atoms with Crippen LogP contribution in [-0.4, -0.2) is 15.3 Å². The number of phenols is 3. The first-order valence-corrected chi connectivity index (χ1v) is 10.7. The van der Waals surface area contributed by atoms with E-state index in [9.17, 15) is 15.3 Å². The average molecular weight is 442 g/mol. The van der Waals surface area contributed by atoms with Gasteiger partial charge in [-0.25, -0.2) is 0 Å². The normalized spacial score (nSPS) is 10.8. The van der Waals surface area contributed by atoms with Crippen LogP contribution in [0.15, 0.2) is 72.8 Å². The van der Waals surface area contributed by atoms with Gasteiger partial charge in [0.05, 0.1) is 11.4 Å². The number of nitrogens with zero attached hydrogens (tertiary/aromatic N) is 1. The van der Waals surface area contributed by atoms with E-state index in [1.54, 1.807) is 30.3 Å². The van der Waals surface area contributed by atoms with Crippen LogP contribution in [0.4, 0.5) is 17.1 Å². The van der Waals surface area contributed by atoms with Gasteiger partial charge in [-0.15, -0.1) is 0 Å². The predicted octanol–water partition coefficient (Wildman–Crippen LogP) is 7.30. The van der Waals surface area contributed by atoms with E-state index in [1.165, 1.54) is 0 Å². The van der Waals surface area contributed by atoms with Crippen molar-refractivity contribution >= 4 is 17.1 Å². The second kappa shape index (κ2) is 8.79. The van der Waals surface area contributed by atoms with Crippen LogP contribution in [0, 0.1) is 27.7 Å². The van der Waals surface area contributed by atoms with E-state index < -0.39 is 0 Å². The number of phenolic OH excluding ortho intramolecular Hbond substituents is 3. The van der Waals surface area contributed by atoms with Crippen LogP contribution in [0.3, 0.4) is 0 Å². The molecule has 0 unspecified atom stereocenters. The van der Waals surface area contributed by atoms with Crippen molar-refractivity contribution in [1.82, 2.24) is 0 Å². The molecule has 0 radical (unpaired) electrons. The summed E-state index contributed by atoms with van der Waals surface area (Å²) in [5, 5.41) is 30.7. The molecule has 5 nitrogen and oxygen atoms in total. The van der Waals surface area contributed by atoms with E-state index in [1.807, 2.05) is 75.1 Å². The zero-order valence-electron chi connectivity index (χ0n) is 19.1. The van der Waals surface area contributed by atoms with Crippen molar-refractivity contribution in [3.05, 3.63) is 95.1 Å². The summed E-state index contributed by atoms with van der Waals surface area (Å²) in [6.07, 6.45) is 0. The number of aromatic hydroxyl groups is 3. The molecule has 4 aromatic carbocycles. The Morgan fingerprint density at radius 1 is 0.576 bits per heavy atom. The fourth-order valence-corrected chi connectivity index (χ4v) is 4.04.